The Morgan fingerprint density at radius 2 is 1.67 bits per heavy atom. The predicted molar refractivity (Wildman–Crippen MR) is 97.1 cm³/mol. The summed E-state index contributed by atoms with van der Waals surface area (Å²) >= 11 is 0. The first-order valence-electron chi connectivity index (χ1n) is 8.17. The molecule has 0 saturated heterocycles. The van der Waals surface area contributed by atoms with E-state index in [4.69, 9.17) is 35.2 Å². The molecular weight excluding hydrogens is 358 g/mol. The fourth-order valence-corrected chi connectivity index (χ4v) is 1.75. The van der Waals surface area contributed by atoms with Crippen molar-refractivity contribution in [3.63, 3.8) is 0 Å². The number of nitrogen functional groups attached to an aromatic ring is 1. The average Bonchev–Trinajstić information content (AvgIpc) is 2.61. The van der Waals surface area contributed by atoms with Crippen LogP contribution in [0.5, 0.6) is 0 Å². The number of methoxy groups -OCH3 is 1. The molecule has 27 heavy (non-hydrogen) atoms. The number of rotatable bonds is 11. The highest BCUT2D eigenvalue weighted by molar-refractivity contribution is 6.02. The fourth-order valence-electron chi connectivity index (χ4n) is 1.75. The van der Waals surface area contributed by atoms with Gasteiger partial charge in [-0.05, 0) is 24.3 Å². The molecule has 150 valence electrons. The number of nitrogens with zero attached hydrogens (tertiary/aromatic N) is 1. The van der Waals surface area contributed by atoms with Gasteiger partial charge in [-0.25, -0.2) is 9.59 Å². The molecule has 1 amide bonds. The maximum absolute atomic E-state index is 11.7. The first kappa shape index (κ1) is 22.4. The minimum Gasteiger partial charge on any atom is -0.424 e. The van der Waals surface area contributed by atoms with Gasteiger partial charge in [-0.1, -0.05) is 0 Å². The zero-order chi connectivity index (χ0) is 20.1. The van der Waals surface area contributed by atoms with Gasteiger partial charge in [0.25, 0.3) is 0 Å². The number of esters is 1. The van der Waals surface area contributed by atoms with Gasteiger partial charge in [-0.15, -0.1) is 0 Å². The topological polar surface area (TPSA) is 145 Å². The largest absolute Gasteiger partial charge is 0.438 e. The van der Waals surface area contributed by atoms with E-state index in [0.29, 0.717) is 31.1 Å². The summed E-state index contributed by atoms with van der Waals surface area (Å²) in [5, 5.41) is 0. The second kappa shape index (κ2) is 12.6. The number of benzene rings is 1. The van der Waals surface area contributed by atoms with Crippen molar-refractivity contribution in [2.45, 2.75) is 13.2 Å². The first-order chi connectivity index (χ1) is 12.9. The van der Waals surface area contributed by atoms with Crippen LogP contribution >= 0.6 is 0 Å². The molecule has 0 radical (unpaired) electrons. The van der Waals surface area contributed by atoms with Crippen LogP contribution in [0.2, 0.25) is 0 Å². The third-order valence-corrected chi connectivity index (χ3v) is 3.01. The molecule has 1 aromatic rings. The molecule has 0 heterocycles. The fraction of sp³-hybridized carbons (Fsp3) is 0.471. The summed E-state index contributed by atoms with van der Waals surface area (Å²) < 4.78 is 24.8. The molecule has 0 aliphatic heterocycles. The predicted octanol–water partition coefficient (Wildman–Crippen LogP) is 0.680. The number of aliphatic imine (C=N–C) groups is 1. The quantitative estimate of drug-likeness (QED) is 0.141. The Labute approximate surface area is 157 Å². The van der Waals surface area contributed by atoms with Crippen molar-refractivity contribution in [3.8, 4) is 0 Å². The van der Waals surface area contributed by atoms with Gasteiger partial charge < -0.3 is 35.2 Å². The van der Waals surface area contributed by atoms with Crippen molar-refractivity contribution in [3.05, 3.63) is 29.8 Å². The van der Waals surface area contributed by atoms with Crippen molar-refractivity contribution in [1.82, 2.24) is 0 Å². The number of hydrogen-bond acceptors (Lipinski definition) is 8. The summed E-state index contributed by atoms with van der Waals surface area (Å²) in [6.45, 7) is 2.54. The smallest absolute Gasteiger partial charge is 0.424 e. The van der Waals surface area contributed by atoms with E-state index in [1.165, 1.54) is 6.92 Å². The molecule has 0 bridgehead atoms. The Bertz CT molecular complexity index is 619. The average molecular weight is 383 g/mol. The molecule has 0 aliphatic rings. The molecule has 1 unspecified atom stereocenters. The number of hydrogen-bond donors (Lipinski definition) is 2. The zero-order valence-electron chi connectivity index (χ0n) is 15.4. The number of anilines is 1. The molecule has 4 N–H and O–H groups in total. The van der Waals surface area contributed by atoms with Gasteiger partial charge in [0.05, 0.1) is 26.4 Å². The van der Waals surface area contributed by atoms with Crippen molar-refractivity contribution < 1.29 is 33.3 Å². The Kier molecular flexibility index (Phi) is 10.5. The van der Waals surface area contributed by atoms with Crippen molar-refractivity contribution in [2.75, 3.05) is 45.9 Å². The molecule has 1 atom stereocenters. The van der Waals surface area contributed by atoms with Gasteiger partial charge in [0.1, 0.15) is 12.4 Å². The number of amidine groups is 1. The van der Waals surface area contributed by atoms with Crippen LogP contribution < -0.4 is 11.5 Å². The van der Waals surface area contributed by atoms with E-state index in [1.807, 2.05) is 0 Å². The maximum Gasteiger partial charge on any atom is 0.438 e. The molecule has 0 spiro atoms. The van der Waals surface area contributed by atoms with E-state index in [2.05, 4.69) is 4.99 Å². The molecule has 1 aromatic carbocycles. The third-order valence-electron chi connectivity index (χ3n) is 3.01. The van der Waals surface area contributed by atoms with Crippen LogP contribution in [0.3, 0.4) is 0 Å². The second-order valence-corrected chi connectivity index (χ2v) is 5.22. The Morgan fingerprint density at radius 3 is 2.33 bits per heavy atom. The first-order valence-corrected chi connectivity index (χ1v) is 8.17. The van der Waals surface area contributed by atoms with Crippen LogP contribution in [0, 0.1) is 0 Å². The molecule has 1 rings (SSSR count). The third kappa shape index (κ3) is 10.1. The van der Waals surface area contributed by atoms with Crippen molar-refractivity contribution in [2.24, 2.45) is 10.7 Å². The molecule has 0 aromatic heterocycles. The van der Waals surface area contributed by atoms with Gasteiger partial charge >= 0.3 is 12.1 Å². The SMILES string of the molecule is COCCOCCOCC(=O)OC(C)OC(=O)N=C(N)c1ccc(N)cc1. The van der Waals surface area contributed by atoms with Crippen LogP contribution in [0.1, 0.15) is 12.5 Å². The van der Waals surface area contributed by atoms with Crippen molar-refractivity contribution in [1.29, 1.82) is 0 Å². The highest BCUT2D eigenvalue weighted by Gasteiger charge is 2.14. The number of nitrogens with two attached hydrogens (primary N) is 2. The van der Waals surface area contributed by atoms with E-state index in [-0.39, 0.29) is 19.0 Å². The monoisotopic (exact) mass is 383 g/mol. The van der Waals surface area contributed by atoms with Crippen molar-refractivity contribution >= 4 is 23.6 Å². The van der Waals surface area contributed by atoms with E-state index in [9.17, 15) is 9.59 Å². The van der Waals surface area contributed by atoms with Gasteiger partial charge in [0.15, 0.2) is 0 Å². The maximum atomic E-state index is 11.7. The zero-order valence-corrected chi connectivity index (χ0v) is 15.4. The summed E-state index contributed by atoms with van der Waals surface area (Å²) in [6, 6.07) is 6.47. The van der Waals surface area contributed by atoms with Gasteiger partial charge in [0, 0.05) is 25.3 Å². The minimum atomic E-state index is -1.14. The van der Waals surface area contributed by atoms with Crippen LogP contribution in [-0.2, 0) is 28.5 Å². The van der Waals surface area contributed by atoms with Crippen LogP contribution in [0.15, 0.2) is 29.3 Å². The molecular formula is C17H25N3O7. The summed E-state index contributed by atoms with van der Waals surface area (Å²) in [5.74, 6) is -0.738. The molecule has 10 heteroatoms. The van der Waals surface area contributed by atoms with Crippen LogP contribution in [-0.4, -0.2) is 64.3 Å². The van der Waals surface area contributed by atoms with Gasteiger partial charge in [-0.2, -0.15) is 4.99 Å². The highest BCUT2D eigenvalue weighted by atomic mass is 16.7. The van der Waals surface area contributed by atoms with Gasteiger partial charge in [-0.3, -0.25) is 0 Å². The Hall–Kier alpha value is -2.69. The number of carbonyl (C=O) groups is 2. The molecule has 0 fully saturated rings. The lowest BCUT2D eigenvalue weighted by Gasteiger charge is -2.13. The summed E-state index contributed by atoms with van der Waals surface area (Å²) in [7, 11) is 1.57. The Balaban J connectivity index is 2.27. The van der Waals surface area contributed by atoms with E-state index >= 15 is 0 Å². The lowest BCUT2D eigenvalue weighted by atomic mass is 10.2. The van der Waals surface area contributed by atoms with Gasteiger partial charge in [0.2, 0.25) is 6.29 Å². The van der Waals surface area contributed by atoms with E-state index < -0.39 is 18.4 Å². The summed E-state index contributed by atoms with van der Waals surface area (Å²) in [6.07, 6.45) is -2.13. The normalized spacial score (nSPS) is 12.4. The van der Waals surface area contributed by atoms with E-state index in [1.54, 1.807) is 31.4 Å². The molecule has 0 saturated carbocycles. The number of carbonyl (C=O) groups excluding carboxylic acids is 2. The highest BCUT2D eigenvalue weighted by Crippen LogP contribution is 2.06. The lowest BCUT2D eigenvalue weighted by molar-refractivity contribution is -0.170. The number of amides is 1. The number of ether oxygens (including phenoxy) is 5. The summed E-state index contributed by atoms with van der Waals surface area (Å²) in [4.78, 5) is 26.9. The summed E-state index contributed by atoms with van der Waals surface area (Å²) in [5.41, 5.74) is 12.3. The minimum absolute atomic E-state index is 0.0460. The standard InChI is InChI=1S/C17H25N3O7/c1-12(26-15(21)11-25-10-9-24-8-7-23-2)27-17(22)20-16(19)13-3-5-14(18)6-4-13/h3-6,12H,7-11,18H2,1-2H3,(H2,19,20,22). The Morgan fingerprint density at radius 1 is 1.04 bits per heavy atom. The van der Waals surface area contributed by atoms with E-state index in [0.717, 1.165) is 0 Å². The second-order valence-electron chi connectivity index (χ2n) is 5.22. The molecule has 0 aliphatic carbocycles. The van der Waals surface area contributed by atoms with Crippen LogP contribution in [0.25, 0.3) is 0 Å². The lowest BCUT2D eigenvalue weighted by Crippen LogP contribution is -2.25. The molecule has 10 nitrogen and oxygen atoms in total. The van der Waals surface area contributed by atoms with Crippen LogP contribution in [0.4, 0.5) is 10.5 Å².